The van der Waals surface area contributed by atoms with Crippen LogP contribution in [0.1, 0.15) is 20.1 Å². The van der Waals surface area contributed by atoms with E-state index in [-0.39, 0.29) is 5.91 Å². The lowest BCUT2D eigenvalue weighted by Crippen LogP contribution is -2.12. The number of aromatic nitrogens is 2. The van der Waals surface area contributed by atoms with Crippen molar-refractivity contribution in [2.75, 3.05) is 5.32 Å². The summed E-state index contributed by atoms with van der Waals surface area (Å²) in [5.41, 5.74) is 0.729. The zero-order valence-electron chi connectivity index (χ0n) is 8.50. The van der Waals surface area contributed by atoms with E-state index in [0.29, 0.717) is 5.82 Å². The Kier molecular flexibility index (Phi) is 2.55. The van der Waals surface area contributed by atoms with E-state index in [1.807, 2.05) is 19.9 Å². The number of aryl methyl sites for hydroxylation is 2. The van der Waals surface area contributed by atoms with Gasteiger partial charge in [-0.05, 0) is 19.9 Å². The Bertz CT molecular complexity index is 473. The number of H-pyrrole nitrogens is 1. The molecule has 0 aromatic carbocycles. The van der Waals surface area contributed by atoms with Gasteiger partial charge < -0.3 is 5.32 Å². The minimum Gasteiger partial charge on any atom is -0.307 e. The van der Waals surface area contributed by atoms with Crippen LogP contribution in [0.2, 0.25) is 0 Å². The van der Waals surface area contributed by atoms with Gasteiger partial charge in [0.2, 0.25) is 0 Å². The molecule has 0 saturated heterocycles. The molecule has 0 aliphatic carbocycles. The SMILES string of the molecule is Cc1cc(C(=O)Nc2ccn[nH]2)c(C)s1. The van der Waals surface area contributed by atoms with Gasteiger partial charge in [-0.2, -0.15) is 5.10 Å². The molecule has 0 spiro atoms. The maximum Gasteiger partial charge on any atom is 0.257 e. The Morgan fingerprint density at radius 3 is 2.87 bits per heavy atom. The molecule has 5 heteroatoms. The third-order valence-corrected chi connectivity index (χ3v) is 3.00. The molecule has 0 fully saturated rings. The zero-order valence-corrected chi connectivity index (χ0v) is 9.31. The molecule has 0 bridgehead atoms. The summed E-state index contributed by atoms with van der Waals surface area (Å²) in [6, 6.07) is 3.61. The van der Waals surface area contributed by atoms with Crippen molar-refractivity contribution >= 4 is 23.1 Å². The molecular weight excluding hydrogens is 210 g/mol. The van der Waals surface area contributed by atoms with E-state index in [4.69, 9.17) is 0 Å². The fraction of sp³-hybridized carbons (Fsp3) is 0.200. The molecule has 2 aromatic heterocycles. The molecule has 0 radical (unpaired) electrons. The third kappa shape index (κ3) is 2.07. The van der Waals surface area contributed by atoms with E-state index < -0.39 is 0 Å². The van der Waals surface area contributed by atoms with Crippen molar-refractivity contribution in [1.82, 2.24) is 10.2 Å². The molecule has 0 aliphatic heterocycles. The van der Waals surface area contributed by atoms with Gasteiger partial charge in [-0.1, -0.05) is 0 Å². The summed E-state index contributed by atoms with van der Waals surface area (Å²) in [5.74, 6) is 0.518. The summed E-state index contributed by atoms with van der Waals surface area (Å²) >= 11 is 1.62. The molecule has 15 heavy (non-hydrogen) atoms. The number of carbonyl (C=O) groups is 1. The summed E-state index contributed by atoms with van der Waals surface area (Å²) in [6.07, 6.45) is 1.60. The summed E-state index contributed by atoms with van der Waals surface area (Å²) in [5, 5.41) is 9.19. The van der Waals surface area contributed by atoms with Crippen molar-refractivity contribution in [3.05, 3.63) is 33.6 Å². The number of anilines is 1. The summed E-state index contributed by atoms with van der Waals surface area (Å²) in [4.78, 5) is 14.0. The van der Waals surface area contributed by atoms with Crippen LogP contribution < -0.4 is 5.32 Å². The second kappa shape index (κ2) is 3.86. The highest BCUT2D eigenvalue weighted by Crippen LogP contribution is 2.21. The first-order chi connectivity index (χ1) is 7.16. The van der Waals surface area contributed by atoms with Crippen LogP contribution in [0.3, 0.4) is 0 Å². The van der Waals surface area contributed by atoms with Crippen LogP contribution in [0.25, 0.3) is 0 Å². The minimum absolute atomic E-state index is 0.0962. The first-order valence-corrected chi connectivity index (χ1v) is 5.36. The average Bonchev–Trinajstić information content (AvgIpc) is 2.75. The standard InChI is InChI=1S/C10H11N3OS/c1-6-5-8(7(2)15-6)10(14)12-9-3-4-11-13-9/h3-5H,1-2H3,(H2,11,12,13,14). The highest BCUT2D eigenvalue weighted by atomic mass is 32.1. The van der Waals surface area contributed by atoms with Crippen molar-refractivity contribution in [2.24, 2.45) is 0 Å². The number of thiophene rings is 1. The second-order valence-corrected chi connectivity index (χ2v) is 4.71. The summed E-state index contributed by atoms with van der Waals surface area (Å²) < 4.78 is 0. The average molecular weight is 221 g/mol. The van der Waals surface area contributed by atoms with Crippen molar-refractivity contribution in [2.45, 2.75) is 13.8 Å². The topological polar surface area (TPSA) is 57.8 Å². The van der Waals surface area contributed by atoms with Crippen LogP contribution in [0.4, 0.5) is 5.82 Å². The van der Waals surface area contributed by atoms with Gasteiger partial charge in [-0.25, -0.2) is 0 Å². The largest absolute Gasteiger partial charge is 0.307 e. The number of hydrogen-bond acceptors (Lipinski definition) is 3. The van der Waals surface area contributed by atoms with Crippen LogP contribution in [0, 0.1) is 13.8 Å². The van der Waals surface area contributed by atoms with Crippen LogP contribution >= 0.6 is 11.3 Å². The lowest BCUT2D eigenvalue weighted by Gasteiger charge is -2.00. The Morgan fingerprint density at radius 1 is 1.53 bits per heavy atom. The Balaban J connectivity index is 2.18. The first kappa shape index (κ1) is 9.92. The maximum atomic E-state index is 11.8. The van der Waals surface area contributed by atoms with Crippen molar-refractivity contribution < 1.29 is 4.79 Å². The fourth-order valence-corrected chi connectivity index (χ4v) is 2.29. The highest BCUT2D eigenvalue weighted by molar-refractivity contribution is 7.12. The Hall–Kier alpha value is -1.62. The van der Waals surface area contributed by atoms with Gasteiger partial charge in [0.05, 0.1) is 11.8 Å². The van der Waals surface area contributed by atoms with Gasteiger partial charge in [-0.3, -0.25) is 9.89 Å². The molecule has 0 atom stereocenters. The van der Waals surface area contributed by atoms with Crippen molar-refractivity contribution in [3.8, 4) is 0 Å². The molecule has 4 nitrogen and oxygen atoms in total. The predicted molar refractivity (Wildman–Crippen MR) is 60.3 cm³/mol. The third-order valence-electron chi connectivity index (χ3n) is 2.03. The quantitative estimate of drug-likeness (QED) is 0.817. The van der Waals surface area contributed by atoms with Crippen LogP contribution in [-0.2, 0) is 0 Å². The van der Waals surface area contributed by atoms with E-state index >= 15 is 0 Å². The van der Waals surface area contributed by atoms with E-state index in [1.165, 1.54) is 0 Å². The van der Waals surface area contributed by atoms with E-state index in [0.717, 1.165) is 15.3 Å². The van der Waals surface area contributed by atoms with Crippen molar-refractivity contribution in [1.29, 1.82) is 0 Å². The number of hydrogen-bond donors (Lipinski definition) is 2. The van der Waals surface area contributed by atoms with Crippen LogP contribution in [0.5, 0.6) is 0 Å². The number of nitrogens with one attached hydrogen (secondary N) is 2. The monoisotopic (exact) mass is 221 g/mol. The zero-order chi connectivity index (χ0) is 10.8. The smallest absolute Gasteiger partial charge is 0.257 e. The molecular formula is C10H11N3OS. The fourth-order valence-electron chi connectivity index (χ4n) is 1.37. The normalized spacial score (nSPS) is 10.3. The minimum atomic E-state index is -0.0962. The molecule has 1 amide bonds. The predicted octanol–water partition coefficient (Wildman–Crippen LogP) is 2.34. The molecule has 78 valence electrons. The number of rotatable bonds is 2. The van der Waals surface area contributed by atoms with Crippen molar-refractivity contribution in [3.63, 3.8) is 0 Å². The van der Waals surface area contributed by atoms with Gasteiger partial charge in [0.1, 0.15) is 5.82 Å². The van der Waals surface area contributed by atoms with Crippen LogP contribution in [0.15, 0.2) is 18.3 Å². The molecule has 0 unspecified atom stereocenters. The van der Waals surface area contributed by atoms with E-state index in [9.17, 15) is 4.79 Å². The maximum absolute atomic E-state index is 11.8. The first-order valence-electron chi connectivity index (χ1n) is 4.54. The number of aromatic amines is 1. The molecule has 2 rings (SSSR count). The Labute approximate surface area is 91.3 Å². The van der Waals surface area contributed by atoms with Gasteiger partial charge in [0.25, 0.3) is 5.91 Å². The molecule has 0 saturated carbocycles. The summed E-state index contributed by atoms with van der Waals surface area (Å²) in [6.45, 7) is 3.93. The second-order valence-electron chi connectivity index (χ2n) is 3.25. The Morgan fingerprint density at radius 2 is 2.33 bits per heavy atom. The van der Waals surface area contributed by atoms with Gasteiger partial charge in [-0.15, -0.1) is 11.3 Å². The number of nitrogens with zero attached hydrogens (tertiary/aromatic N) is 1. The van der Waals surface area contributed by atoms with Gasteiger partial charge in [0, 0.05) is 15.8 Å². The lowest BCUT2D eigenvalue weighted by atomic mass is 10.2. The number of amides is 1. The molecule has 2 aromatic rings. The number of carbonyl (C=O) groups excluding carboxylic acids is 1. The highest BCUT2D eigenvalue weighted by Gasteiger charge is 2.12. The summed E-state index contributed by atoms with van der Waals surface area (Å²) in [7, 11) is 0. The molecule has 2 N–H and O–H groups in total. The van der Waals surface area contributed by atoms with E-state index in [1.54, 1.807) is 23.6 Å². The molecule has 2 heterocycles. The lowest BCUT2D eigenvalue weighted by molar-refractivity contribution is 0.102. The van der Waals surface area contributed by atoms with E-state index in [2.05, 4.69) is 15.5 Å². The van der Waals surface area contributed by atoms with Gasteiger partial charge >= 0.3 is 0 Å². The molecule has 0 aliphatic rings. The van der Waals surface area contributed by atoms with Crippen LogP contribution in [-0.4, -0.2) is 16.1 Å². The van der Waals surface area contributed by atoms with Gasteiger partial charge in [0.15, 0.2) is 0 Å².